The maximum Gasteiger partial charge on any atom is 0.289 e. The first kappa shape index (κ1) is 13.1. The van der Waals surface area contributed by atoms with E-state index in [0.717, 1.165) is 6.07 Å². The summed E-state index contributed by atoms with van der Waals surface area (Å²) in [6.07, 6.45) is 0. The lowest BCUT2D eigenvalue weighted by Gasteiger charge is -2.13. The molecule has 0 unspecified atom stereocenters. The van der Waals surface area contributed by atoms with Crippen molar-refractivity contribution in [2.75, 3.05) is 0 Å². The topological polar surface area (TPSA) is 43.1 Å². The number of benzene rings is 1. The predicted octanol–water partition coefficient (Wildman–Crippen LogP) is 4.73. The fourth-order valence-corrected chi connectivity index (χ4v) is 2.04. The Labute approximate surface area is 110 Å². The lowest BCUT2D eigenvalue weighted by atomic mass is 10.2. The molecule has 0 heterocycles. The van der Waals surface area contributed by atoms with E-state index in [4.69, 9.17) is 58.0 Å². The highest BCUT2D eigenvalue weighted by Crippen LogP contribution is 2.45. The number of nitrogens with zero attached hydrogens (tertiary/aromatic N) is 1. The summed E-state index contributed by atoms with van der Waals surface area (Å²) < 4.78 is -1.85. The van der Waals surface area contributed by atoms with Crippen molar-refractivity contribution in [3.8, 4) is 0 Å². The summed E-state index contributed by atoms with van der Waals surface area (Å²) in [5.41, 5.74) is -0.418. The molecule has 1 rings (SSSR count). The Kier molecular flexibility index (Phi) is 3.95. The van der Waals surface area contributed by atoms with Crippen molar-refractivity contribution < 1.29 is 4.92 Å². The summed E-state index contributed by atoms with van der Waals surface area (Å²) in [7, 11) is 0. The second kappa shape index (κ2) is 4.52. The number of rotatable bonds is 1. The third-order valence-electron chi connectivity index (χ3n) is 1.52. The Morgan fingerprint density at radius 1 is 1.20 bits per heavy atom. The van der Waals surface area contributed by atoms with Crippen molar-refractivity contribution in [2.24, 2.45) is 0 Å². The van der Waals surface area contributed by atoms with Crippen LogP contribution in [0.1, 0.15) is 5.56 Å². The number of hydrogen-bond donors (Lipinski definition) is 0. The van der Waals surface area contributed by atoms with Crippen LogP contribution in [-0.2, 0) is 3.79 Å². The molecule has 0 radical (unpaired) electrons. The summed E-state index contributed by atoms with van der Waals surface area (Å²) in [4.78, 5) is 9.89. The minimum atomic E-state index is -1.85. The summed E-state index contributed by atoms with van der Waals surface area (Å²) in [5, 5.41) is 10.4. The first-order valence-corrected chi connectivity index (χ1v) is 5.33. The van der Waals surface area contributed by atoms with Gasteiger partial charge in [-0.15, -0.1) is 0 Å². The summed E-state index contributed by atoms with van der Waals surface area (Å²) in [5.74, 6) is 0. The van der Waals surface area contributed by atoms with Crippen LogP contribution < -0.4 is 0 Å². The van der Waals surface area contributed by atoms with Gasteiger partial charge in [-0.25, -0.2) is 0 Å². The molecule has 1 aromatic carbocycles. The van der Waals surface area contributed by atoms with Gasteiger partial charge in [-0.05, 0) is 6.07 Å². The van der Waals surface area contributed by atoms with Crippen LogP contribution in [0.25, 0.3) is 0 Å². The fourth-order valence-electron chi connectivity index (χ4n) is 0.914. The monoisotopic (exact) mass is 307 g/mol. The zero-order valence-corrected chi connectivity index (χ0v) is 10.6. The molecule has 0 atom stereocenters. The summed E-state index contributed by atoms with van der Waals surface area (Å²) >= 11 is 28.1. The zero-order chi connectivity index (χ0) is 11.8. The second-order valence-electron chi connectivity index (χ2n) is 2.54. The van der Waals surface area contributed by atoms with E-state index in [1.54, 1.807) is 0 Å². The molecule has 0 aliphatic carbocycles. The number of alkyl halides is 3. The van der Waals surface area contributed by atoms with Gasteiger partial charge in [0.15, 0.2) is 0 Å². The number of nitro benzene ring substituents is 1. The molecule has 0 spiro atoms. The smallest absolute Gasteiger partial charge is 0.258 e. The quantitative estimate of drug-likeness (QED) is 0.427. The molecule has 15 heavy (non-hydrogen) atoms. The van der Waals surface area contributed by atoms with Crippen LogP contribution in [0.2, 0.25) is 10.0 Å². The van der Waals surface area contributed by atoms with Gasteiger partial charge in [0.1, 0.15) is 5.02 Å². The van der Waals surface area contributed by atoms with Gasteiger partial charge in [-0.3, -0.25) is 10.1 Å². The standard InChI is InChI=1S/C7H2Cl5NO2/c8-3-1-4(7(10,11)12)6(9)5(2-3)13(14)15/h1-2H. The van der Waals surface area contributed by atoms with E-state index in [2.05, 4.69) is 0 Å². The molecule has 0 amide bonds. The minimum Gasteiger partial charge on any atom is -0.258 e. The molecule has 0 aromatic heterocycles. The van der Waals surface area contributed by atoms with Crippen molar-refractivity contribution in [3.63, 3.8) is 0 Å². The van der Waals surface area contributed by atoms with Crippen LogP contribution >= 0.6 is 58.0 Å². The van der Waals surface area contributed by atoms with Crippen molar-refractivity contribution in [1.29, 1.82) is 0 Å². The average molecular weight is 309 g/mol. The molecule has 0 aliphatic heterocycles. The van der Waals surface area contributed by atoms with Gasteiger partial charge in [0.05, 0.1) is 4.92 Å². The maximum atomic E-state index is 10.6. The number of halogens is 5. The van der Waals surface area contributed by atoms with Crippen LogP contribution in [0.15, 0.2) is 12.1 Å². The Morgan fingerprint density at radius 3 is 2.13 bits per heavy atom. The highest BCUT2D eigenvalue weighted by atomic mass is 35.6. The van der Waals surface area contributed by atoms with E-state index in [9.17, 15) is 10.1 Å². The molecular weight excluding hydrogens is 307 g/mol. The van der Waals surface area contributed by atoms with Crippen LogP contribution in [0.4, 0.5) is 5.69 Å². The third-order valence-corrected chi connectivity index (χ3v) is 2.75. The second-order valence-corrected chi connectivity index (χ2v) is 5.64. The van der Waals surface area contributed by atoms with E-state index >= 15 is 0 Å². The van der Waals surface area contributed by atoms with Crippen LogP contribution in [0.5, 0.6) is 0 Å². The fraction of sp³-hybridized carbons (Fsp3) is 0.143. The Bertz CT molecular complexity index is 415. The Hall–Kier alpha value is 0.0700. The normalized spacial score (nSPS) is 11.5. The molecular formula is C7H2Cl5NO2. The number of hydrogen-bond acceptors (Lipinski definition) is 2. The zero-order valence-electron chi connectivity index (χ0n) is 6.81. The van der Waals surface area contributed by atoms with E-state index < -0.39 is 14.4 Å². The van der Waals surface area contributed by atoms with E-state index in [0.29, 0.717) is 0 Å². The molecule has 0 N–H and O–H groups in total. The molecule has 82 valence electrons. The Balaban J connectivity index is 3.49. The molecule has 0 saturated carbocycles. The van der Waals surface area contributed by atoms with Gasteiger partial charge in [-0.1, -0.05) is 58.0 Å². The van der Waals surface area contributed by atoms with Crippen molar-refractivity contribution in [1.82, 2.24) is 0 Å². The molecule has 0 saturated heterocycles. The Morgan fingerprint density at radius 2 is 1.73 bits per heavy atom. The lowest BCUT2D eigenvalue weighted by Crippen LogP contribution is -2.03. The van der Waals surface area contributed by atoms with Crippen molar-refractivity contribution in [2.45, 2.75) is 3.79 Å². The van der Waals surface area contributed by atoms with Gasteiger partial charge >= 0.3 is 0 Å². The predicted molar refractivity (Wildman–Crippen MR) is 62.4 cm³/mol. The average Bonchev–Trinajstić information content (AvgIpc) is 2.06. The third kappa shape index (κ3) is 3.02. The first-order valence-electron chi connectivity index (χ1n) is 3.44. The highest BCUT2D eigenvalue weighted by Gasteiger charge is 2.30. The summed E-state index contributed by atoms with van der Waals surface area (Å²) in [6, 6.07) is 2.35. The SMILES string of the molecule is O=[N+]([O-])c1cc(Cl)cc(C(Cl)(Cl)Cl)c1Cl. The van der Waals surface area contributed by atoms with Crippen LogP contribution in [0, 0.1) is 10.1 Å². The largest absolute Gasteiger partial charge is 0.289 e. The molecule has 3 nitrogen and oxygen atoms in total. The van der Waals surface area contributed by atoms with Crippen LogP contribution in [0.3, 0.4) is 0 Å². The molecule has 0 fully saturated rings. The molecule has 0 bridgehead atoms. The maximum absolute atomic E-state index is 10.6. The van der Waals surface area contributed by atoms with E-state index in [1.165, 1.54) is 6.07 Å². The lowest BCUT2D eigenvalue weighted by molar-refractivity contribution is -0.384. The van der Waals surface area contributed by atoms with Gasteiger partial charge in [0.25, 0.3) is 5.69 Å². The summed E-state index contributed by atoms with van der Waals surface area (Å²) in [6.45, 7) is 0. The van der Waals surface area contributed by atoms with Crippen LogP contribution in [-0.4, -0.2) is 4.92 Å². The first-order chi connectivity index (χ1) is 6.73. The van der Waals surface area contributed by atoms with Crippen molar-refractivity contribution in [3.05, 3.63) is 37.9 Å². The molecule has 1 aromatic rings. The van der Waals surface area contributed by atoms with E-state index in [-0.39, 0.29) is 15.6 Å². The van der Waals surface area contributed by atoms with Gasteiger partial charge in [0.2, 0.25) is 3.79 Å². The molecule has 8 heteroatoms. The number of nitro groups is 1. The van der Waals surface area contributed by atoms with Gasteiger partial charge in [0, 0.05) is 16.7 Å². The van der Waals surface area contributed by atoms with Crippen molar-refractivity contribution >= 4 is 63.7 Å². The molecule has 0 aliphatic rings. The van der Waals surface area contributed by atoms with Gasteiger partial charge < -0.3 is 0 Å². The highest BCUT2D eigenvalue weighted by molar-refractivity contribution is 6.67. The van der Waals surface area contributed by atoms with Gasteiger partial charge in [-0.2, -0.15) is 0 Å². The minimum absolute atomic E-state index is 0.0200. The van der Waals surface area contributed by atoms with E-state index in [1.807, 2.05) is 0 Å².